The number of ether oxygens (including phenoxy) is 1. The van der Waals surface area contributed by atoms with Crippen molar-refractivity contribution in [2.75, 3.05) is 13.1 Å². The predicted octanol–water partition coefficient (Wildman–Crippen LogP) is 3.71. The topological polar surface area (TPSA) is 62.7 Å². The summed E-state index contributed by atoms with van der Waals surface area (Å²) in [6.07, 6.45) is 4.81. The molecular formula is C18H22N2O3. The molecule has 23 heavy (non-hydrogen) atoms. The van der Waals surface area contributed by atoms with Crippen molar-refractivity contribution in [1.82, 2.24) is 9.88 Å². The predicted molar refractivity (Wildman–Crippen MR) is 89.0 cm³/mol. The molecule has 0 aliphatic carbocycles. The molecule has 1 saturated heterocycles. The van der Waals surface area contributed by atoms with Crippen LogP contribution in [0.5, 0.6) is 5.75 Å². The number of pyridine rings is 1. The first kappa shape index (κ1) is 15.6. The van der Waals surface area contributed by atoms with E-state index in [2.05, 4.69) is 24.0 Å². The normalized spacial score (nSPS) is 17.6. The molecular weight excluding hydrogens is 292 g/mol. The van der Waals surface area contributed by atoms with E-state index in [4.69, 9.17) is 9.84 Å². The Labute approximate surface area is 135 Å². The number of aryl methyl sites for hydroxylation is 1. The highest BCUT2D eigenvalue weighted by Gasteiger charge is 2.27. The molecule has 0 radical (unpaired) electrons. The van der Waals surface area contributed by atoms with Gasteiger partial charge in [0.05, 0.1) is 6.54 Å². The van der Waals surface area contributed by atoms with Gasteiger partial charge in [-0.05, 0) is 36.6 Å². The Kier molecular flexibility index (Phi) is 4.65. The molecule has 0 spiro atoms. The number of rotatable bonds is 5. The lowest BCUT2D eigenvalue weighted by Gasteiger charge is -2.16. The number of unbranched alkanes of at least 4 members (excludes halogenated alkanes) is 1. The summed E-state index contributed by atoms with van der Waals surface area (Å²) in [5, 5.41) is 10.1. The maximum Gasteiger partial charge on any atom is 0.407 e. The molecule has 5 heteroatoms. The first-order valence-corrected chi connectivity index (χ1v) is 8.19. The number of hydrogen-bond donors (Lipinski definition) is 1. The molecule has 2 heterocycles. The van der Waals surface area contributed by atoms with Crippen molar-refractivity contribution < 1.29 is 14.6 Å². The molecule has 1 N–H and O–H groups in total. The third-order valence-electron chi connectivity index (χ3n) is 4.26. The Morgan fingerprint density at radius 3 is 3.09 bits per heavy atom. The molecule has 1 aliphatic rings. The highest BCUT2D eigenvalue weighted by molar-refractivity contribution is 5.85. The number of likely N-dealkylation sites (tertiary alicyclic amines) is 1. The maximum absolute atomic E-state index is 11.0. The summed E-state index contributed by atoms with van der Waals surface area (Å²) in [6.45, 7) is 3.13. The van der Waals surface area contributed by atoms with E-state index in [9.17, 15) is 4.79 Å². The Hall–Kier alpha value is -2.30. The molecule has 1 aromatic carbocycles. The highest BCUT2D eigenvalue weighted by atomic mass is 16.5. The zero-order chi connectivity index (χ0) is 16.2. The van der Waals surface area contributed by atoms with Gasteiger partial charge >= 0.3 is 6.09 Å². The van der Waals surface area contributed by atoms with Crippen LogP contribution in [0.3, 0.4) is 0 Å². The third-order valence-corrected chi connectivity index (χ3v) is 4.26. The maximum atomic E-state index is 11.0. The number of fused-ring (bicyclic) bond motifs is 1. The van der Waals surface area contributed by atoms with E-state index in [1.807, 2.05) is 12.1 Å². The number of amides is 1. The average Bonchev–Trinajstić information content (AvgIpc) is 3.02. The second-order valence-electron chi connectivity index (χ2n) is 6.03. The zero-order valence-electron chi connectivity index (χ0n) is 13.4. The van der Waals surface area contributed by atoms with Crippen LogP contribution in [-0.2, 0) is 6.42 Å². The summed E-state index contributed by atoms with van der Waals surface area (Å²) >= 11 is 0. The van der Waals surface area contributed by atoms with E-state index in [1.165, 1.54) is 10.5 Å². The van der Waals surface area contributed by atoms with E-state index in [-0.39, 0.29) is 6.10 Å². The van der Waals surface area contributed by atoms with Gasteiger partial charge in [0.25, 0.3) is 0 Å². The fourth-order valence-electron chi connectivity index (χ4n) is 3.01. The molecule has 2 aromatic rings. The second-order valence-corrected chi connectivity index (χ2v) is 6.03. The second kappa shape index (κ2) is 6.86. The van der Waals surface area contributed by atoms with Crippen LogP contribution in [-0.4, -0.2) is 40.3 Å². The van der Waals surface area contributed by atoms with E-state index >= 15 is 0 Å². The van der Waals surface area contributed by atoms with Crippen LogP contribution in [0.25, 0.3) is 10.9 Å². The first-order valence-electron chi connectivity index (χ1n) is 8.19. The molecule has 1 aromatic heterocycles. The van der Waals surface area contributed by atoms with Gasteiger partial charge in [-0.1, -0.05) is 19.4 Å². The molecule has 5 nitrogen and oxygen atoms in total. The molecule has 1 atom stereocenters. The summed E-state index contributed by atoms with van der Waals surface area (Å²) in [6, 6.07) is 8.21. The Morgan fingerprint density at radius 2 is 2.35 bits per heavy atom. The fourth-order valence-corrected chi connectivity index (χ4v) is 3.01. The van der Waals surface area contributed by atoms with Gasteiger partial charge in [-0.2, -0.15) is 0 Å². The Morgan fingerprint density at radius 1 is 1.48 bits per heavy atom. The average molecular weight is 314 g/mol. The van der Waals surface area contributed by atoms with Gasteiger partial charge in [0.1, 0.15) is 17.4 Å². The first-order chi connectivity index (χ1) is 11.2. The number of carbonyl (C=O) groups is 1. The quantitative estimate of drug-likeness (QED) is 0.914. The number of hydrogen-bond acceptors (Lipinski definition) is 3. The smallest absolute Gasteiger partial charge is 0.407 e. The van der Waals surface area contributed by atoms with Crippen LogP contribution < -0.4 is 4.74 Å². The highest BCUT2D eigenvalue weighted by Crippen LogP contribution is 2.29. The van der Waals surface area contributed by atoms with Crippen LogP contribution in [0.2, 0.25) is 0 Å². The van der Waals surface area contributed by atoms with E-state index in [1.54, 1.807) is 6.20 Å². The van der Waals surface area contributed by atoms with Gasteiger partial charge in [-0.25, -0.2) is 4.79 Å². The van der Waals surface area contributed by atoms with Crippen LogP contribution in [0.1, 0.15) is 31.7 Å². The number of carboxylic acid groups (broad SMARTS) is 1. The molecule has 1 aliphatic heterocycles. The molecule has 1 amide bonds. The third kappa shape index (κ3) is 3.55. The minimum absolute atomic E-state index is 0.0993. The monoisotopic (exact) mass is 314 g/mol. The summed E-state index contributed by atoms with van der Waals surface area (Å²) in [7, 11) is 0. The van der Waals surface area contributed by atoms with Crippen LogP contribution in [0.15, 0.2) is 30.5 Å². The lowest BCUT2D eigenvalue weighted by atomic mass is 10.0. The lowest BCUT2D eigenvalue weighted by molar-refractivity contribution is 0.146. The zero-order valence-corrected chi connectivity index (χ0v) is 13.4. The van der Waals surface area contributed by atoms with Crippen molar-refractivity contribution in [3.8, 4) is 5.75 Å². The van der Waals surface area contributed by atoms with Gasteiger partial charge in [0, 0.05) is 24.5 Å². The Balaban J connectivity index is 1.85. The van der Waals surface area contributed by atoms with Gasteiger partial charge in [-0.15, -0.1) is 0 Å². The van der Waals surface area contributed by atoms with Crippen molar-refractivity contribution in [3.63, 3.8) is 0 Å². The van der Waals surface area contributed by atoms with Crippen molar-refractivity contribution in [3.05, 3.63) is 36.0 Å². The standard InChI is InChI=1S/C18H22N2O3/c1-2-3-5-13-10-14-6-4-8-19-17(14)16(11-13)23-15-7-9-20(12-15)18(21)22/h4,6,8,10-11,15H,2-3,5,7,9,12H2,1H3,(H,21,22)/t15-/m0/s1. The van der Waals surface area contributed by atoms with Crippen molar-refractivity contribution in [2.24, 2.45) is 0 Å². The molecule has 0 bridgehead atoms. The van der Waals surface area contributed by atoms with Gasteiger partial charge in [-0.3, -0.25) is 4.98 Å². The summed E-state index contributed by atoms with van der Waals surface area (Å²) < 4.78 is 6.12. The minimum atomic E-state index is -0.879. The lowest BCUT2D eigenvalue weighted by Crippen LogP contribution is -2.29. The summed E-state index contributed by atoms with van der Waals surface area (Å²) in [5.74, 6) is 0.770. The number of aromatic nitrogens is 1. The molecule has 0 saturated carbocycles. The number of benzene rings is 1. The van der Waals surface area contributed by atoms with Gasteiger partial charge < -0.3 is 14.7 Å². The number of nitrogens with zero attached hydrogens (tertiary/aromatic N) is 2. The molecule has 3 rings (SSSR count). The van der Waals surface area contributed by atoms with Crippen LogP contribution >= 0.6 is 0 Å². The largest absolute Gasteiger partial charge is 0.486 e. The Bertz CT molecular complexity index is 702. The molecule has 122 valence electrons. The van der Waals surface area contributed by atoms with Gasteiger partial charge in [0.15, 0.2) is 0 Å². The molecule has 0 unspecified atom stereocenters. The summed E-state index contributed by atoms with van der Waals surface area (Å²) in [5.41, 5.74) is 2.09. The minimum Gasteiger partial charge on any atom is -0.486 e. The fraction of sp³-hybridized carbons (Fsp3) is 0.444. The van der Waals surface area contributed by atoms with E-state index in [0.29, 0.717) is 13.1 Å². The van der Waals surface area contributed by atoms with Crippen molar-refractivity contribution >= 4 is 17.0 Å². The molecule has 1 fully saturated rings. The van der Waals surface area contributed by atoms with Crippen molar-refractivity contribution in [2.45, 2.75) is 38.7 Å². The van der Waals surface area contributed by atoms with Gasteiger partial charge in [0.2, 0.25) is 0 Å². The summed E-state index contributed by atoms with van der Waals surface area (Å²) in [4.78, 5) is 16.9. The van der Waals surface area contributed by atoms with E-state index < -0.39 is 6.09 Å². The van der Waals surface area contributed by atoms with Crippen LogP contribution in [0.4, 0.5) is 4.79 Å². The van der Waals surface area contributed by atoms with Crippen LogP contribution in [0, 0.1) is 0 Å². The van der Waals surface area contributed by atoms with E-state index in [0.717, 1.165) is 42.3 Å². The van der Waals surface area contributed by atoms with Crippen molar-refractivity contribution in [1.29, 1.82) is 0 Å². The SMILES string of the molecule is CCCCc1cc(O[C@H]2CCN(C(=O)O)C2)c2ncccc2c1.